The fraction of sp³-hybridized carbons (Fsp3) is 0.333. The Hall–Kier alpha value is -2.82. The number of carbonyl (C=O) groups is 2. The van der Waals surface area contributed by atoms with E-state index in [-0.39, 0.29) is 6.54 Å². The Balaban J connectivity index is 2.03. The van der Waals surface area contributed by atoms with E-state index in [1.165, 1.54) is 4.90 Å². The second kappa shape index (κ2) is 7.20. The maximum Gasteiger partial charge on any atom is 0.411 e. The van der Waals surface area contributed by atoms with Crippen LogP contribution in [0.25, 0.3) is 0 Å². The van der Waals surface area contributed by atoms with Crippen molar-refractivity contribution >= 4 is 12.1 Å². The molecule has 2 aromatic carbocycles. The number of ether oxygens (including phenoxy) is 2. The minimum Gasteiger partial charge on any atom is -0.454 e. The first-order chi connectivity index (χ1) is 12.3. The molecule has 3 rings (SSSR count). The molecule has 1 saturated heterocycles. The fourth-order valence-electron chi connectivity index (χ4n) is 3.04. The summed E-state index contributed by atoms with van der Waals surface area (Å²) in [6, 6.07) is 18.6. The van der Waals surface area contributed by atoms with Gasteiger partial charge in [0.1, 0.15) is 18.2 Å². The van der Waals surface area contributed by atoms with Crippen LogP contribution in [0.3, 0.4) is 0 Å². The minimum atomic E-state index is -0.651. The maximum absolute atomic E-state index is 12.8. The molecule has 1 heterocycles. The van der Waals surface area contributed by atoms with E-state index < -0.39 is 29.8 Å². The normalized spacial score (nSPS) is 20.4. The molecule has 1 fully saturated rings. The highest BCUT2D eigenvalue weighted by Crippen LogP contribution is 2.40. The first kappa shape index (κ1) is 18.0. The van der Waals surface area contributed by atoms with E-state index in [2.05, 4.69) is 0 Å². The molecule has 5 heteroatoms. The summed E-state index contributed by atoms with van der Waals surface area (Å²) in [6.07, 6.45) is -1.11. The van der Waals surface area contributed by atoms with Gasteiger partial charge in [0, 0.05) is 0 Å². The van der Waals surface area contributed by atoms with Gasteiger partial charge in [0.2, 0.25) is 0 Å². The highest BCUT2D eigenvalue weighted by atomic mass is 16.6. The number of carbonyl (C=O) groups excluding carboxylic acids is 2. The Morgan fingerprint density at radius 3 is 2.08 bits per heavy atom. The van der Waals surface area contributed by atoms with Crippen LogP contribution < -0.4 is 0 Å². The number of morpholine rings is 1. The zero-order valence-electron chi connectivity index (χ0n) is 15.2. The molecule has 1 aliphatic heterocycles. The highest BCUT2D eigenvalue weighted by molar-refractivity contribution is 5.80. The van der Waals surface area contributed by atoms with Gasteiger partial charge < -0.3 is 9.47 Å². The summed E-state index contributed by atoms with van der Waals surface area (Å²) < 4.78 is 11.2. The van der Waals surface area contributed by atoms with Gasteiger partial charge in [0.25, 0.3) is 0 Å². The molecule has 0 radical (unpaired) electrons. The van der Waals surface area contributed by atoms with Crippen molar-refractivity contribution in [1.82, 2.24) is 4.90 Å². The van der Waals surface area contributed by atoms with Crippen LogP contribution in [0.2, 0.25) is 0 Å². The van der Waals surface area contributed by atoms with Crippen molar-refractivity contribution in [3.05, 3.63) is 71.8 Å². The monoisotopic (exact) mass is 353 g/mol. The lowest BCUT2D eigenvalue weighted by molar-refractivity contribution is -0.165. The average Bonchev–Trinajstić information content (AvgIpc) is 2.61. The van der Waals surface area contributed by atoms with Crippen molar-refractivity contribution in [2.45, 2.75) is 38.5 Å². The van der Waals surface area contributed by atoms with Gasteiger partial charge in [-0.1, -0.05) is 60.7 Å². The van der Waals surface area contributed by atoms with Gasteiger partial charge in [-0.05, 0) is 31.9 Å². The van der Waals surface area contributed by atoms with Gasteiger partial charge in [0.15, 0.2) is 6.10 Å². The standard InChI is InChI=1S/C21H23NO4/c1-21(2,3)26-20(24)22-14-17(23)25-19(16-12-8-5-9-13-16)18(22)15-10-6-4-7-11-15/h4-13,18-19H,14H2,1-3H3/t18-,19+/m1/s1. The summed E-state index contributed by atoms with van der Waals surface area (Å²) in [7, 11) is 0. The van der Waals surface area contributed by atoms with Crippen LogP contribution in [0, 0.1) is 0 Å². The van der Waals surface area contributed by atoms with Crippen molar-refractivity contribution in [1.29, 1.82) is 0 Å². The van der Waals surface area contributed by atoms with E-state index in [1.807, 2.05) is 60.7 Å². The molecule has 0 aliphatic carbocycles. The topological polar surface area (TPSA) is 55.8 Å². The largest absolute Gasteiger partial charge is 0.454 e. The van der Waals surface area contributed by atoms with Gasteiger partial charge >= 0.3 is 12.1 Å². The molecule has 0 spiro atoms. The molecule has 136 valence electrons. The van der Waals surface area contributed by atoms with Crippen molar-refractivity contribution in [3.63, 3.8) is 0 Å². The number of rotatable bonds is 2. The summed E-state index contributed by atoms with van der Waals surface area (Å²) in [4.78, 5) is 26.5. The zero-order valence-corrected chi connectivity index (χ0v) is 15.2. The molecule has 5 nitrogen and oxygen atoms in total. The Kier molecular flexibility index (Phi) is 4.98. The Labute approximate surface area is 153 Å². The number of benzene rings is 2. The molecule has 2 atom stereocenters. The average molecular weight is 353 g/mol. The number of amides is 1. The number of esters is 1. The van der Waals surface area contributed by atoms with Crippen molar-refractivity contribution < 1.29 is 19.1 Å². The number of nitrogens with zero attached hydrogens (tertiary/aromatic N) is 1. The van der Waals surface area contributed by atoms with E-state index in [9.17, 15) is 9.59 Å². The first-order valence-corrected chi connectivity index (χ1v) is 8.64. The molecule has 0 bridgehead atoms. The lowest BCUT2D eigenvalue weighted by Crippen LogP contribution is -2.48. The van der Waals surface area contributed by atoms with Gasteiger partial charge in [0.05, 0.1) is 0 Å². The van der Waals surface area contributed by atoms with Gasteiger partial charge in [-0.3, -0.25) is 9.69 Å². The number of hydrogen-bond donors (Lipinski definition) is 0. The van der Waals surface area contributed by atoms with Gasteiger partial charge in [-0.2, -0.15) is 0 Å². The predicted octanol–water partition coefficient (Wildman–Crippen LogP) is 4.26. The lowest BCUT2D eigenvalue weighted by atomic mass is 9.93. The third-order valence-electron chi connectivity index (χ3n) is 4.08. The Morgan fingerprint density at radius 2 is 1.54 bits per heavy atom. The summed E-state index contributed by atoms with van der Waals surface area (Å²) in [6.45, 7) is 5.27. The smallest absolute Gasteiger partial charge is 0.411 e. The fourth-order valence-corrected chi connectivity index (χ4v) is 3.04. The molecular formula is C21H23NO4. The summed E-state index contributed by atoms with van der Waals surface area (Å²) in [5, 5.41) is 0. The molecule has 0 N–H and O–H groups in total. The number of cyclic esters (lactones) is 1. The lowest BCUT2D eigenvalue weighted by Gasteiger charge is -2.41. The molecule has 1 amide bonds. The van der Waals surface area contributed by atoms with Crippen molar-refractivity contribution in [3.8, 4) is 0 Å². The molecule has 0 unspecified atom stereocenters. The van der Waals surface area contributed by atoms with E-state index >= 15 is 0 Å². The van der Waals surface area contributed by atoms with E-state index in [1.54, 1.807) is 20.8 Å². The van der Waals surface area contributed by atoms with Crippen LogP contribution in [-0.4, -0.2) is 29.1 Å². The van der Waals surface area contributed by atoms with E-state index in [0.29, 0.717) is 0 Å². The SMILES string of the molecule is CC(C)(C)OC(=O)N1CC(=O)O[C@@H](c2ccccc2)[C@H]1c1ccccc1. The van der Waals surface area contributed by atoms with Crippen molar-refractivity contribution in [2.75, 3.05) is 6.54 Å². The van der Waals surface area contributed by atoms with Crippen molar-refractivity contribution in [2.24, 2.45) is 0 Å². The molecule has 0 saturated carbocycles. The summed E-state index contributed by atoms with van der Waals surface area (Å²) in [5.74, 6) is -0.447. The van der Waals surface area contributed by atoms with Crippen LogP contribution >= 0.6 is 0 Å². The molecule has 2 aromatic rings. The minimum absolute atomic E-state index is 0.141. The van der Waals surface area contributed by atoms with E-state index in [4.69, 9.17) is 9.47 Å². The van der Waals surface area contributed by atoms with E-state index in [0.717, 1.165) is 11.1 Å². The number of hydrogen-bond acceptors (Lipinski definition) is 4. The Morgan fingerprint density at radius 1 is 1.00 bits per heavy atom. The molecule has 0 aromatic heterocycles. The third kappa shape index (κ3) is 4.04. The van der Waals surface area contributed by atoms with Gasteiger partial charge in [-0.25, -0.2) is 4.79 Å². The second-order valence-electron chi connectivity index (χ2n) is 7.28. The molecule has 1 aliphatic rings. The first-order valence-electron chi connectivity index (χ1n) is 8.64. The van der Waals surface area contributed by atoms with Crippen LogP contribution in [0.1, 0.15) is 44.0 Å². The summed E-state index contributed by atoms with van der Waals surface area (Å²) >= 11 is 0. The molecular weight excluding hydrogens is 330 g/mol. The predicted molar refractivity (Wildman–Crippen MR) is 97.4 cm³/mol. The second-order valence-corrected chi connectivity index (χ2v) is 7.28. The van der Waals surface area contributed by atoms with Crippen LogP contribution in [0.5, 0.6) is 0 Å². The molecule has 26 heavy (non-hydrogen) atoms. The van der Waals surface area contributed by atoms with Crippen LogP contribution in [0.15, 0.2) is 60.7 Å². The van der Waals surface area contributed by atoms with Crippen LogP contribution in [0.4, 0.5) is 4.79 Å². The van der Waals surface area contributed by atoms with Crippen LogP contribution in [-0.2, 0) is 14.3 Å². The Bertz CT molecular complexity index is 768. The third-order valence-corrected chi connectivity index (χ3v) is 4.08. The quantitative estimate of drug-likeness (QED) is 0.757. The van der Waals surface area contributed by atoms with Gasteiger partial charge in [-0.15, -0.1) is 0 Å². The summed E-state index contributed by atoms with van der Waals surface area (Å²) in [5.41, 5.74) is 1.07. The zero-order chi connectivity index (χ0) is 18.7. The highest BCUT2D eigenvalue weighted by Gasteiger charge is 2.42. The maximum atomic E-state index is 12.8.